The van der Waals surface area contributed by atoms with Gasteiger partial charge in [-0.3, -0.25) is 9.78 Å². The van der Waals surface area contributed by atoms with Crippen LogP contribution in [0.3, 0.4) is 0 Å². The molecule has 24 heavy (non-hydrogen) atoms. The van der Waals surface area contributed by atoms with E-state index in [9.17, 15) is 18.0 Å². The number of methoxy groups -OCH3 is 1. The molecule has 2 rings (SSSR count). The maximum absolute atomic E-state index is 12.6. The minimum atomic E-state index is -4.35. The molecule has 0 radical (unpaired) electrons. The standard InChI is InChI=1S/C16H14F3N3O2/c1-24-14-3-2-12(9-16(17,18)19)13(8-14)10-21-22-15(23)11-4-6-20-7-5-11/h2-8,10H,9H2,1H3,(H,22,23)/b21-10-. The number of halogens is 3. The van der Waals surface area contributed by atoms with Gasteiger partial charge in [0, 0.05) is 23.5 Å². The van der Waals surface area contributed by atoms with Gasteiger partial charge in [0.2, 0.25) is 0 Å². The van der Waals surface area contributed by atoms with Crippen LogP contribution in [0.15, 0.2) is 47.8 Å². The van der Waals surface area contributed by atoms with Crippen LogP contribution in [0.5, 0.6) is 5.75 Å². The van der Waals surface area contributed by atoms with Gasteiger partial charge in [0.25, 0.3) is 5.91 Å². The van der Waals surface area contributed by atoms with Gasteiger partial charge >= 0.3 is 6.18 Å². The van der Waals surface area contributed by atoms with Gasteiger partial charge in [-0.1, -0.05) is 6.07 Å². The van der Waals surface area contributed by atoms with E-state index in [0.717, 1.165) is 6.21 Å². The molecule has 0 saturated heterocycles. The number of hydrazone groups is 1. The molecule has 1 aromatic carbocycles. The highest BCUT2D eigenvalue weighted by molar-refractivity contribution is 5.94. The quantitative estimate of drug-likeness (QED) is 0.674. The zero-order valence-corrected chi connectivity index (χ0v) is 12.7. The zero-order chi connectivity index (χ0) is 17.6. The Bertz CT molecular complexity index is 731. The Kier molecular flexibility index (Phi) is 5.51. The highest BCUT2D eigenvalue weighted by atomic mass is 19.4. The van der Waals surface area contributed by atoms with Gasteiger partial charge in [0.1, 0.15) is 5.75 Å². The lowest BCUT2D eigenvalue weighted by molar-refractivity contribution is -0.127. The summed E-state index contributed by atoms with van der Waals surface area (Å²) in [6.07, 6.45) is -1.40. The first-order valence-corrected chi connectivity index (χ1v) is 6.86. The Morgan fingerprint density at radius 3 is 2.62 bits per heavy atom. The minimum Gasteiger partial charge on any atom is -0.497 e. The van der Waals surface area contributed by atoms with Crippen molar-refractivity contribution >= 4 is 12.1 Å². The first-order valence-electron chi connectivity index (χ1n) is 6.86. The molecule has 5 nitrogen and oxygen atoms in total. The number of nitrogens with one attached hydrogen (secondary N) is 1. The highest BCUT2D eigenvalue weighted by Gasteiger charge is 2.28. The Morgan fingerprint density at radius 1 is 1.29 bits per heavy atom. The van der Waals surface area contributed by atoms with Crippen molar-refractivity contribution in [2.45, 2.75) is 12.6 Å². The molecule has 0 aliphatic rings. The molecule has 0 saturated carbocycles. The fourth-order valence-corrected chi connectivity index (χ4v) is 1.93. The van der Waals surface area contributed by atoms with Crippen molar-refractivity contribution in [2.24, 2.45) is 5.10 Å². The van der Waals surface area contributed by atoms with Gasteiger partial charge in [-0.2, -0.15) is 18.3 Å². The summed E-state index contributed by atoms with van der Waals surface area (Å²) < 4.78 is 42.9. The van der Waals surface area contributed by atoms with E-state index < -0.39 is 18.5 Å². The van der Waals surface area contributed by atoms with E-state index in [4.69, 9.17) is 4.74 Å². The van der Waals surface area contributed by atoms with Crippen molar-refractivity contribution in [2.75, 3.05) is 7.11 Å². The highest BCUT2D eigenvalue weighted by Crippen LogP contribution is 2.25. The maximum Gasteiger partial charge on any atom is 0.393 e. The minimum absolute atomic E-state index is 0.0326. The van der Waals surface area contributed by atoms with Crippen LogP contribution in [0.25, 0.3) is 0 Å². The van der Waals surface area contributed by atoms with Crippen molar-refractivity contribution < 1.29 is 22.7 Å². The van der Waals surface area contributed by atoms with Gasteiger partial charge in [-0.25, -0.2) is 5.43 Å². The van der Waals surface area contributed by atoms with Crippen LogP contribution in [0.1, 0.15) is 21.5 Å². The Hall–Kier alpha value is -2.90. The van der Waals surface area contributed by atoms with Crippen molar-refractivity contribution in [3.63, 3.8) is 0 Å². The van der Waals surface area contributed by atoms with E-state index in [0.29, 0.717) is 11.3 Å². The van der Waals surface area contributed by atoms with Crippen LogP contribution in [0.2, 0.25) is 0 Å². The second-order valence-electron chi connectivity index (χ2n) is 4.79. The molecule has 2 aromatic rings. The average Bonchev–Trinajstić information content (AvgIpc) is 2.55. The molecule has 1 N–H and O–H groups in total. The molecular weight excluding hydrogens is 323 g/mol. The van der Waals surface area contributed by atoms with E-state index >= 15 is 0 Å². The molecule has 0 atom stereocenters. The summed E-state index contributed by atoms with van der Waals surface area (Å²) in [5, 5.41) is 3.72. The second kappa shape index (κ2) is 7.58. The molecule has 0 aliphatic carbocycles. The number of nitrogens with zero attached hydrogens (tertiary/aromatic N) is 2. The first kappa shape index (κ1) is 17.5. The largest absolute Gasteiger partial charge is 0.497 e. The Morgan fingerprint density at radius 2 is 2.00 bits per heavy atom. The third kappa shape index (κ3) is 5.08. The summed E-state index contributed by atoms with van der Waals surface area (Å²) in [6, 6.07) is 7.16. The van der Waals surface area contributed by atoms with Gasteiger partial charge in [0.05, 0.1) is 19.7 Å². The summed E-state index contributed by atoms with van der Waals surface area (Å²) in [5.74, 6) is -0.100. The summed E-state index contributed by atoms with van der Waals surface area (Å²) in [5.41, 5.74) is 2.83. The van der Waals surface area contributed by atoms with Crippen molar-refractivity contribution in [3.05, 3.63) is 59.4 Å². The number of benzene rings is 1. The fourth-order valence-electron chi connectivity index (χ4n) is 1.93. The molecule has 8 heteroatoms. The van der Waals surface area contributed by atoms with Crippen molar-refractivity contribution in [1.82, 2.24) is 10.4 Å². The molecule has 0 spiro atoms. The van der Waals surface area contributed by atoms with E-state index in [1.165, 1.54) is 49.8 Å². The van der Waals surface area contributed by atoms with Crippen LogP contribution < -0.4 is 10.2 Å². The lowest BCUT2D eigenvalue weighted by Gasteiger charge is -2.10. The number of hydrogen-bond acceptors (Lipinski definition) is 4. The fraction of sp³-hybridized carbons (Fsp3) is 0.188. The van der Waals surface area contributed by atoms with Gasteiger partial charge in [-0.15, -0.1) is 0 Å². The smallest absolute Gasteiger partial charge is 0.393 e. The predicted molar refractivity (Wildman–Crippen MR) is 82.1 cm³/mol. The topological polar surface area (TPSA) is 63.6 Å². The van der Waals surface area contributed by atoms with Crippen LogP contribution >= 0.6 is 0 Å². The SMILES string of the molecule is COc1ccc(CC(F)(F)F)c(/C=N\NC(=O)c2ccncc2)c1. The summed E-state index contributed by atoms with van der Waals surface area (Å²) in [7, 11) is 1.41. The lowest BCUT2D eigenvalue weighted by atomic mass is 10.0. The Balaban J connectivity index is 2.16. The lowest BCUT2D eigenvalue weighted by Crippen LogP contribution is -2.18. The molecule has 0 aliphatic heterocycles. The van der Waals surface area contributed by atoms with Crippen LogP contribution in [0.4, 0.5) is 13.2 Å². The average molecular weight is 337 g/mol. The molecule has 1 aromatic heterocycles. The van der Waals surface area contributed by atoms with Crippen LogP contribution in [-0.2, 0) is 6.42 Å². The van der Waals surface area contributed by atoms with E-state index in [1.807, 2.05) is 0 Å². The van der Waals surface area contributed by atoms with Crippen LogP contribution in [-0.4, -0.2) is 30.4 Å². The number of ether oxygens (including phenoxy) is 1. The molecule has 126 valence electrons. The third-order valence-corrected chi connectivity index (χ3v) is 3.06. The van der Waals surface area contributed by atoms with Gasteiger partial charge in [0.15, 0.2) is 0 Å². The zero-order valence-electron chi connectivity index (χ0n) is 12.7. The number of carbonyl (C=O) groups is 1. The van der Waals surface area contributed by atoms with Crippen LogP contribution in [0, 0.1) is 0 Å². The number of hydrogen-bond donors (Lipinski definition) is 1. The number of amides is 1. The number of carbonyl (C=O) groups excluding carboxylic acids is 1. The molecule has 1 heterocycles. The first-order chi connectivity index (χ1) is 11.4. The molecular formula is C16H14F3N3O2. The summed E-state index contributed by atoms with van der Waals surface area (Å²) >= 11 is 0. The number of alkyl halides is 3. The number of rotatable bonds is 5. The molecule has 0 bridgehead atoms. The predicted octanol–water partition coefficient (Wildman–Crippen LogP) is 2.96. The van der Waals surface area contributed by atoms with E-state index in [-0.39, 0.29) is 11.1 Å². The normalized spacial score (nSPS) is 11.5. The number of aromatic nitrogens is 1. The second-order valence-corrected chi connectivity index (χ2v) is 4.79. The number of pyridine rings is 1. The maximum atomic E-state index is 12.6. The van der Waals surface area contributed by atoms with Gasteiger partial charge < -0.3 is 4.74 Å². The van der Waals surface area contributed by atoms with Gasteiger partial charge in [-0.05, 0) is 29.8 Å². The Labute approximate surface area is 136 Å². The van der Waals surface area contributed by atoms with E-state index in [1.54, 1.807) is 0 Å². The monoisotopic (exact) mass is 337 g/mol. The van der Waals surface area contributed by atoms with Crippen molar-refractivity contribution in [3.8, 4) is 5.75 Å². The van der Waals surface area contributed by atoms with E-state index in [2.05, 4.69) is 15.5 Å². The summed E-state index contributed by atoms with van der Waals surface area (Å²) in [6.45, 7) is 0. The summed E-state index contributed by atoms with van der Waals surface area (Å²) in [4.78, 5) is 15.6. The van der Waals surface area contributed by atoms with Crippen molar-refractivity contribution in [1.29, 1.82) is 0 Å². The third-order valence-electron chi connectivity index (χ3n) is 3.06. The molecule has 0 fully saturated rings. The molecule has 0 unspecified atom stereocenters. The molecule has 1 amide bonds.